The zero-order chi connectivity index (χ0) is 15.1. The van der Waals surface area contributed by atoms with Crippen molar-refractivity contribution in [1.29, 1.82) is 0 Å². The third kappa shape index (κ3) is 2.83. The first-order valence-electron chi connectivity index (χ1n) is 7.42. The Morgan fingerprint density at radius 2 is 1.81 bits per heavy atom. The molecule has 0 unspecified atom stereocenters. The number of ether oxygens (including phenoxy) is 2. The number of rotatable bonds is 2. The van der Waals surface area contributed by atoms with Crippen LogP contribution >= 0.6 is 0 Å². The minimum absolute atomic E-state index is 0.0714. The van der Waals surface area contributed by atoms with Gasteiger partial charge in [0.15, 0.2) is 11.5 Å². The number of nitrogens with one attached hydrogen (secondary N) is 2. The van der Waals surface area contributed by atoms with E-state index in [2.05, 4.69) is 10.6 Å². The average molecular weight is 290 g/mol. The summed E-state index contributed by atoms with van der Waals surface area (Å²) in [7, 11) is 0. The van der Waals surface area contributed by atoms with E-state index in [1.54, 1.807) is 0 Å². The van der Waals surface area contributed by atoms with Crippen molar-refractivity contribution in [2.24, 2.45) is 5.41 Å². The monoisotopic (exact) mass is 290 g/mol. The Hall–Kier alpha value is -1.75. The van der Waals surface area contributed by atoms with E-state index in [-0.39, 0.29) is 11.3 Å². The van der Waals surface area contributed by atoms with Gasteiger partial charge in [-0.05, 0) is 38.1 Å². The molecule has 2 aliphatic heterocycles. The SMILES string of the molecule is CC1(C)Oc2ccc(NC(=O)C3(C)CCNCC3)cc2O1. The second-order valence-electron chi connectivity index (χ2n) is 6.53. The van der Waals surface area contributed by atoms with E-state index in [1.165, 1.54) is 0 Å². The number of piperidine rings is 1. The molecule has 1 saturated heterocycles. The number of fused-ring (bicyclic) bond motifs is 1. The van der Waals surface area contributed by atoms with E-state index < -0.39 is 5.79 Å². The Bertz CT molecular complexity index is 563. The zero-order valence-electron chi connectivity index (χ0n) is 12.8. The van der Waals surface area contributed by atoms with E-state index in [1.807, 2.05) is 39.0 Å². The van der Waals surface area contributed by atoms with Crippen molar-refractivity contribution in [1.82, 2.24) is 5.32 Å². The van der Waals surface area contributed by atoms with E-state index in [4.69, 9.17) is 9.47 Å². The van der Waals surface area contributed by atoms with Crippen LogP contribution in [-0.2, 0) is 4.79 Å². The molecular formula is C16H22N2O3. The summed E-state index contributed by atoms with van der Waals surface area (Å²) in [5, 5.41) is 6.29. The number of amides is 1. The molecule has 0 atom stereocenters. The standard InChI is InChI=1S/C16H22N2O3/c1-15(2)20-12-5-4-11(10-13(12)21-15)18-14(19)16(3)6-8-17-9-7-16/h4-5,10,17H,6-9H2,1-3H3,(H,18,19). The van der Waals surface area contributed by atoms with Gasteiger partial charge in [0.1, 0.15) is 0 Å². The summed E-state index contributed by atoms with van der Waals surface area (Å²) in [6.07, 6.45) is 1.72. The van der Waals surface area contributed by atoms with E-state index in [9.17, 15) is 4.79 Å². The van der Waals surface area contributed by atoms with Gasteiger partial charge in [0.2, 0.25) is 11.7 Å². The summed E-state index contributed by atoms with van der Waals surface area (Å²) >= 11 is 0. The smallest absolute Gasteiger partial charge is 0.246 e. The van der Waals surface area contributed by atoms with Crippen LogP contribution in [0.2, 0.25) is 0 Å². The van der Waals surface area contributed by atoms with Crippen LogP contribution in [0.5, 0.6) is 11.5 Å². The van der Waals surface area contributed by atoms with Gasteiger partial charge in [-0.1, -0.05) is 6.92 Å². The molecule has 5 heteroatoms. The molecule has 2 N–H and O–H groups in total. The molecule has 114 valence electrons. The Morgan fingerprint density at radius 1 is 1.14 bits per heavy atom. The maximum Gasteiger partial charge on any atom is 0.246 e. The summed E-state index contributed by atoms with van der Waals surface area (Å²) in [6, 6.07) is 5.52. The van der Waals surface area contributed by atoms with Gasteiger partial charge in [-0.15, -0.1) is 0 Å². The number of carbonyl (C=O) groups excluding carboxylic acids is 1. The van der Waals surface area contributed by atoms with Gasteiger partial charge < -0.3 is 20.1 Å². The van der Waals surface area contributed by atoms with Crippen LogP contribution < -0.4 is 20.1 Å². The van der Waals surface area contributed by atoms with Crippen LogP contribution in [-0.4, -0.2) is 24.8 Å². The summed E-state index contributed by atoms with van der Waals surface area (Å²) in [5.74, 6) is 0.813. The molecule has 1 aromatic carbocycles. The van der Waals surface area contributed by atoms with E-state index >= 15 is 0 Å². The molecule has 21 heavy (non-hydrogen) atoms. The highest BCUT2D eigenvalue weighted by molar-refractivity contribution is 5.95. The van der Waals surface area contributed by atoms with Gasteiger partial charge >= 0.3 is 0 Å². The van der Waals surface area contributed by atoms with Crippen LogP contribution in [0, 0.1) is 5.41 Å². The van der Waals surface area contributed by atoms with Gasteiger partial charge in [0, 0.05) is 31.0 Å². The molecule has 3 rings (SSSR count). The lowest BCUT2D eigenvalue weighted by Gasteiger charge is -2.32. The molecule has 0 aliphatic carbocycles. The first-order valence-corrected chi connectivity index (χ1v) is 7.42. The van der Waals surface area contributed by atoms with Crippen molar-refractivity contribution < 1.29 is 14.3 Å². The minimum Gasteiger partial charge on any atom is -0.449 e. The fourth-order valence-electron chi connectivity index (χ4n) is 2.79. The first-order chi connectivity index (χ1) is 9.88. The van der Waals surface area contributed by atoms with Gasteiger partial charge in [-0.25, -0.2) is 0 Å². The van der Waals surface area contributed by atoms with Gasteiger partial charge in [0.25, 0.3) is 0 Å². The summed E-state index contributed by atoms with van der Waals surface area (Å²) < 4.78 is 11.4. The van der Waals surface area contributed by atoms with Gasteiger partial charge in [-0.3, -0.25) is 4.79 Å². The molecule has 1 amide bonds. The molecule has 2 aliphatic rings. The molecule has 1 fully saturated rings. The lowest BCUT2D eigenvalue weighted by molar-refractivity contribution is -0.126. The Kier molecular flexibility index (Phi) is 3.32. The molecule has 0 saturated carbocycles. The number of anilines is 1. The molecule has 5 nitrogen and oxygen atoms in total. The summed E-state index contributed by atoms with van der Waals surface area (Å²) in [6.45, 7) is 7.53. The van der Waals surface area contributed by atoms with Crippen LogP contribution in [0.25, 0.3) is 0 Å². The maximum atomic E-state index is 12.5. The average Bonchev–Trinajstić information content (AvgIpc) is 2.72. The predicted molar refractivity (Wildman–Crippen MR) is 80.6 cm³/mol. The van der Waals surface area contributed by atoms with Gasteiger partial charge in [-0.2, -0.15) is 0 Å². The quantitative estimate of drug-likeness (QED) is 0.878. The van der Waals surface area contributed by atoms with Crippen molar-refractivity contribution >= 4 is 11.6 Å². The third-order valence-corrected chi connectivity index (χ3v) is 4.17. The Balaban J connectivity index is 1.73. The molecule has 0 aromatic heterocycles. The van der Waals surface area contributed by atoms with Crippen molar-refractivity contribution in [3.63, 3.8) is 0 Å². The fraction of sp³-hybridized carbons (Fsp3) is 0.562. The fourth-order valence-corrected chi connectivity index (χ4v) is 2.79. The second-order valence-corrected chi connectivity index (χ2v) is 6.53. The number of hydrogen-bond acceptors (Lipinski definition) is 4. The van der Waals surface area contributed by atoms with Crippen LogP contribution in [0.15, 0.2) is 18.2 Å². The lowest BCUT2D eigenvalue weighted by atomic mass is 9.80. The Morgan fingerprint density at radius 3 is 2.52 bits per heavy atom. The highest BCUT2D eigenvalue weighted by atomic mass is 16.7. The molecular weight excluding hydrogens is 268 g/mol. The summed E-state index contributed by atoms with van der Waals surface area (Å²) in [5.41, 5.74) is 0.445. The topological polar surface area (TPSA) is 59.6 Å². The predicted octanol–water partition coefficient (Wildman–Crippen LogP) is 2.52. The van der Waals surface area contributed by atoms with Crippen molar-refractivity contribution in [3.8, 4) is 11.5 Å². The van der Waals surface area contributed by atoms with Crippen molar-refractivity contribution in [2.45, 2.75) is 39.4 Å². The highest BCUT2D eigenvalue weighted by Gasteiger charge is 2.35. The number of benzene rings is 1. The van der Waals surface area contributed by atoms with Crippen LogP contribution in [0.3, 0.4) is 0 Å². The number of carbonyl (C=O) groups is 1. The van der Waals surface area contributed by atoms with E-state index in [0.717, 1.165) is 31.6 Å². The highest BCUT2D eigenvalue weighted by Crippen LogP contribution is 2.41. The summed E-state index contributed by atoms with van der Waals surface area (Å²) in [4.78, 5) is 12.5. The Labute approximate surface area is 125 Å². The van der Waals surface area contributed by atoms with Crippen molar-refractivity contribution in [3.05, 3.63) is 18.2 Å². The van der Waals surface area contributed by atoms with Crippen molar-refractivity contribution in [2.75, 3.05) is 18.4 Å². The molecule has 0 radical (unpaired) electrons. The molecule has 2 heterocycles. The van der Waals surface area contributed by atoms with E-state index in [0.29, 0.717) is 11.5 Å². The first kappa shape index (κ1) is 14.2. The number of hydrogen-bond donors (Lipinski definition) is 2. The largest absolute Gasteiger partial charge is 0.449 e. The molecule has 0 spiro atoms. The third-order valence-electron chi connectivity index (χ3n) is 4.17. The van der Waals surface area contributed by atoms with Crippen LogP contribution in [0.1, 0.15) is 33.6 Å². The maximum absolute atomic E-state index is 12.5. The normalized spacial score (nSPS) is 21.9. The van der Waals surface area contributed by atoms with Crippen LogP contribution in [0.4, 0.5) is 5.69 Å². The second kappa shape index (κ2) is 4.91. The molecule has 1 aromatic rings. The zero-order valence-corrected chi connectivity index (χ0v) is 12.8. The molecule has 0 bridgehead atoms. The minimum atomic E-state index is -0.647. The lowest BCUT2D eigenvalue weighted by Crippen LogP contribution is -2.42. The van der Waals surface area contributed by atoms with Gasteiger partial charge in [0.05, 0.1) is 0 Å².